The fourth-order valence-corrected chi connectivity index (χ4v) is 2.13. The summed E-state index contributed by atoms with van der Waals surface area (Å²) < 4.78 is 1.81. The van der Waals surface area contributed by atoms with Gasteiger partial charge in [0, 0.05) is 19.2 Å². The number of rotatable bonds is 6. The van der Waals surface area contributed by atoms with Gasteiger partial charge in [-0.15, -0.1) is 0 Å². The van der Waals surface area contributed by atoms with Crippen molar-refractivity contribution < 1.29 is 9.90 Å². The van der Waals surface area contributed by atoms with Crippen LogP contribution in [0.4, 0.5) is 0 Å². The van der Waals surface area contributed by atoms with Crippen LogP contribution in [0.3, 0.4) is 0 Å². The summed E-state index contributed by atoms with van der Waals surface area (Å²) in [4.78, 5) is 11.4. The molecular formula is C13H22N2O2. The lowest BCUT2D eigenvalue weighted by Crippen LogP contribution is -2.32. The average Bonchev–Trinajstić information content (AvgIpc) is 2.66. The first-order valence-corrected chi connectivity index (χ1v) is 6.24. The van der Waals surface area contributed by atoms with Gasteiger partial charge in [-0.3, -0.25) is 9.48 Å². The number of carbonyl (C=O) groups is 1. The van der Waals surface area contributed by atoms with Gasteiger partial charge in [0.05, 0.1) is 11.1 Å². The van der Waals surface area contributed by atoms with Crippen molar-refractivity contribution in [2.24, 2.45) is 12.5 Å². The number of aliphatic carboxylic acids is 1. The zero-order chi connectivity index (χ0) is 13.1. The first-order chi connectivity index (χ1) is 7.99. The van der Waals surface area contributed by atoms with Crippen molar-refractivity contribution in [3.05, 3.63) is 17.5 Å². The number of carboxylic acid groups (broad SMARTS) is 1. The van der Waals surface area contributed by atoms with Crippen LogP contribution >= 0.6 is 0 Å². The molecule has 96 valence electrons. The molecule has 0 aliphatic carbocycles. The molecule has 4 heteroatoms. The number of hydrogen-bond donors (Lipinski definition) is 1. The van der Waals surface area contributed by atoms with E-state index in [2.05, 4.69) is 12.0 Å². The zero-order valence-electron chi connectivity index (χ0n) is 11.2. The Balaban J connectivity index is 3.01. The SMILES string of the molecule is CCc1cc(CC(CC)(CC)C(=O)O)n(C)n1. The standard InChI is InChI=1S/C13H22N2O2/c1-5-10-8-11(15(4)14-10)9-13(6-2,7-3)12(16)17/h8H,5-7,9H2,1-4H3,(H,16,17). The third-order valence-electron chi connectivity index (χ3n) is 3.72. The van der Waals surface area contributed by atoms with Crippen LogP contribution in [0.1, 0.15) is 45.0 Å². The molecule has 1 heterocycles. The van der Waals surface area contributed by atoms with E-state index in [1.807, 2.05) is 31.6 Å². The van der Waals surface area contributed by atoms with Gasteiger partial charge in [-0.1, -0.05) is 20.8 Å². The van der Waals surface area contributed by atoms with E-state index in [1.165, 1.54) is 0 Å². The van der Waals surface area contributed by atoms with E-state index in [4.69, 9.17) is 0 Å². The number of aromatic nitrogens is 2. The Morgan fingerprint density at radius 3 is 2.35 bits per heavy atom. The predicted octanol–water partition coefficient (Wildman–Crippen LogP) is 2.42. The molecule has 17 heavy (non-hydrogen) atoms. The van der Waals surface area contributed by atoms with Crippen LogP contribution in [0, 0.1) is 5.41 Å². The van der Waals surface area contributed by atoms with Gasteiger partial charge in [-0.25, -0.2) is 0 Å². The molecule has 0 aromatic carbocycles. The molecule has 0 aliphatic rings. The van der Waals surface area contributed by atoms with Crippen LogP contribution in [-0.4, -0.2) is 20.9 Å². The van der Waals surface area contributed by atoms with Gasteiger partial charge < -0.3 is 5.11 Å². The molecule has 1 aromatic heterocycles. The van der Waals surface area contributed by atoms with E-state index in [9.17, 15) is 9.90 Å². The second-order valence-corrected chi connectivity index (χ2v) is 4.57. The summed E-state index contributed by atoms with van der Waals surface area (Å²) in [7, 11) is 1.88. The number of hydrogen-bond acceptors (Lipinski definition) is 2. The van der Waals surface area contributed by atoms with E-state index in [0.717, 1.165) is 17.8 Å². The summed E-state index contributed by atoms with van der Waals surface area (Å²) in [6.45, 7) is 5.93. The van der Waals surface area contributed by atoms with Crippen molar-refractivity contribution in [2.45, 2.75) is 46.5 Å². The van der Waals surface area contributed by atoms with Crippen molar-refractivity contribution in [1.29, 1.82) is 0 Å². The van der Waals surface area contributed by atoms with Gasteiger partial charge in [0.25, 0.3) is 0 Å². The molecule has 0 saturated heterocycles. The minimum atomic E-state index is -0.707. The van der Waals surface area contributed by atoms with Crippen molar-refractivity contribution >= 4 is 5.97 Å². The lowest BCUT2D eigenvalue weighted by atomic mass is 9.78. The van der Waals surface area contributed by atoms with Gasteiger partial charge in [0.15, 0.2) is 0 Å². The minimum absolute atomic E-state index is 0.554. The molecule has 0 bridgehead atoms. The van der Waals surface area contributed by atoms with Crippen molar-refractivity contribution in [3.8, 4) is 0 Å². The third-order valence-corrected chi connectivity index (χ3v) is 3.72. The number of nitrogens with zero attached hydrogens (tertiary/aromatic N) is 2. The second kappa shape index (κ2) is 5.34. The van der Waals surface area contributed by atoms with E-state index >= 15 is 0 Å². The monoisotopic (exact) mass is 238 g/mol. The van der Waals surface area contributed by atoms with Crippen LogP contribution in [-0.2, 0) is 24.7 Å². The Labute approximate surface area is 103 Å². The highest BCUT2D eigenvalue weighted by molar-refractivity contribution is 5.74. The van der Waals surface area contributed by atoms with E-state index in [0.29, 0.717) is 19.3 Å². The molecule has 1 aromatic rings. The van der Waals surface area contributed by atoms with Crippen LogP contribution in [0.2, 0.25) is 0 Å². The zero-order valence-corrected chi connectivity index (χ0v) is 11.2. The molecule has 0 amide bonds. The maximum Gasteiger partial charge on any atom is 0.310 e. The second-order valence-electron chi connectivity index (χ2n) is 4.57. The molecule has 0 atom stereocenters. The first kappa shape index (κ1) is 13.7. The summed E-state index contributed by atoms with van der Waals surface area (Å²) in [6.07, 6.45) is 2.72. The average molecular weight is 238 g/mol. The van der Waals surface area contributed by atoms with Gasteiger partial charge >= 0.3 is 5.97 Å². The lowest BCUT2D eigenvalue weighted by molar-refractivity contribution is -0.149. The van der Waals surface area contributed by atoms with Crippen molar-refractivity contribution in [3.63, 3.8) is 0 Å². The van der Waals surface area contributed by atoms with E-state index in [1.54, 1.807) is 0 Å². The molecule has 0 unspecified atom stereocenters. The highest BCUT2D eigenvalue weighted by Gasteiger charge is 2.35. The molecule has 4 nitrogen and oxygen atoms in total. The fourth-order valence-electron chi connectivity index (χ4n) is 2.13. The van der Waals surface area contributed by atoms with Crippen molar-refractivity contribution in [2.75, 3.05) is 0 Å². The summed E-state index contributed by atoms with van der Waals surface area (Å²) in [5.74, 6) is -0.707. The van der Waals surface area contributed by atoms with Gasteiger partial charge in [0.1, 0.15) is 0 Å². The Morgan fingerprint density at radius 1 is 1.41 bits per heavy atom. The molecule has 0 aliphatic heterocycles. The van der Waals surface area contributed by atoms with Gasteiger partial charge in [-0.05, 0) is 25.3 Å². The first-order valence-electron chi connectivity index (χ1n) is 6.24. The lowest BCUT2D eigenvalue weighted by Gasteiger charge is -2.26. The minimum Gasteiger partial charge on any atom is -0.481 e. The van der Waals surface area contributed by atoms with Crippen LogP contribution in [0.15, 0.2) is 6.07 Å². The van der Waals surface area contributed by atoms with Gasteiger partial charge in [0.2, 0.25) is 0 Å². The fraction of sp³-hybridized carbons (Fsp3) is 0.692. The molecule has 0 saturated carbocycles. The Kier molecular flexibility index (Phi) is 4.32. The molecule has 1 N–H and O–H groups in total. The molecule has 0 radical (unpaired) electrons. The Hall–Kier alpha value is -1.32. The highest BCUT2D eigenvalue weighted by Crippen LogP contribution is 2.31. The Bertz CT molecular complexity index is 392. The van der Waals surface area contributed by atoms with Crippen LogP contribution < -0.4 is 0 Å². The summed E-state index contributed by atoms with van der Waals surface area (Å²) >= 11 is 0. The molecule has 1 rings (SSSR count). The summed E-state index contributed by atoms with van der Waals surface area (Å²) in [5, 5.41) is 13.8. The molecular weight excluding hydrogens is 216 g/mol. The smallest absolute Gasteiger partial charge is 0.310 e. The van der Waals surface area contributed by atoms with Gasteiger partial charge in [-0.2, -0.15) is 5.10 Å². The van der Waals surface area contributed by atoms with E-state index < -0.39 is 11.4 Å². The maximum atomic E-state index is 11.4. The maximum absolute atomic E-state index is 11.4. The van der Waals surface area contributed by atoms with Crippen molar-refractivity contribution in [1.82, 2.24) is 9.78 Å². The Morgan fingerprint density at radius 2 is 2.00 bits per heavy atom. The topological polar surface area (TPSA) is 55.1 Å². The largest absolute Gasteiger partial charge is 0.481 e. The normalized spacial score (nSPS) is 11.8. The number of carboxylic acids is 1. The quantitative estimate of drug-likeness (QED) is 0.828. The molecule has 0 spiro atoms. The predicted molar refractivity (Wildman–Crippen MR) is 66.9 cm³/mol. The van der Waals surface area contributed by atoms with Crippen LogP contribution in [0.5, 0.6) is 0 Å². The summed E-state index contributed by atoms with van der Waals surface area (Å²) in [5.41, 5.74) is 1.38. The summed E-state index contributed by atoms with van der Waals surface area (Å²) in [6, 6.07) is 2.02. The van der Waals surface area contributed by atoms with E-state index in [-0.39, 0.29) is 0 Å². The third kappa shape index (κ3) is 2.68. The molecule has 0 fully saturated rings. The number of aryl methyl sites for hydroxylation is 2. The highest BCUT2D eigenvalue weighted by atomic mass is 16.4. The van der Waals surface area contributed by atoms with Crippen LogP contribution in [0.25, 0.3) is 0 Å².